The molecule has 0 bridgehead atoms. The molecule has 0 unspecified atom stereocenters. The first kappa shape index (κ1) is 23.2. The highest BCUT2D eigenvalue weighted by molar-refractivity contribution is 6.03. The van der Waals surface area contributed by atoms with Gasteiger partial charge in [-0.05, 0) is 55.5 Å². The molecule has 1 saturated heterocycles. The van der Waals surface area contributed by atoms with Crippen molar-refractivity contribution in [3.63, 3.8) is 0 Å². The largest absolute Gasteiger partial charge is 0.484 e. The van der Waals surface area contributed by atoms with Crippen LogP contribution < -0.4 is 15.0 Å². The van der Waals surface area contributed by atoms with Crippen molar-refractivity contribution >= 4 is 23.2 Å². The van der Waals surface area contributed by atoms with Crippen molar-refractivity contribution in [2.24, 2.45) is 5.92 Å². The van der Waals surface area contributed by atoms with Gasteiger partial charge in [0.15, 0.2) is 6.61 Å². The summed E-state index contributed by atoms with van der Waals surface area (Å²) in [5.74, 6) is -0.0851. The quantitative estimate of drug-likeness (QED) is 0.405. The molecule has 1 aliphatic heterocycles. The van der Waals surface area contributed by atoms with Crippen molar-refractivity contribution in [2.75, 3.05) is 16.8 Å². The lowest BCUT2D eigenvalue weighted by molar-refractivity contribution is -0.122. The molecule has 1 N–H and O–H groups in total. The van der Waals surface area contributed by atoms with Crippen LogP contribution in [0.25, 0.3) is 11.5 Å². The fourth-order valence-corrected chi connectivity index (χ4v) is 3.93. The third kappa shape index (κ3) is 5.25. The Morgan fingerprint density at radius 1 is 1.11 bits per heavy atom. The first-order valence-electron chi connectivity index (χ1n) is 11.4. The topological polar surface area (TPSA) is 97.6 Å². The third-order valence-corrected chi connectivity index (χ3v) is 5.86. The Balaban J connectivity index is 1.18. The van der Waals surface area contributed by atoms with Gasteiger partial charge in [0.1, 0.15) is 11.6 Å². The van der Waals surface area contributed by atoms with Gasteiger partial charge in [0.2, 0.25) is 17.7 Å². The predicted octanol–water partition coefficient (Wildman–Crippen LogP) is 4.75. The molecule has 0 saturated carbocycles. The van der Waals surface area contributed by atoms with Crippen LogP contribution in [0.3, 0.4) is 0 Å². The minimum Gasteiger partial charge on any atom is -0.484 e. The van der Waals surface area contributed by atoms with E-state index < -0.39 is 5.92 Å². The number of hydrogen-bond acceptors (Lipinski definition) is 6. The Morgan fingerprint density at radius 3 is 2.67 bits per heavy atom. The Bertz CT molecular complexity index is 1390. The van der Waals surface area contributed by atoms with Gasteiger partial charge in [0.05, 0.1) is 5.92 Å². The number of rotatable bonds is 7. The summed E-state index contributed by atoms with van der Waals surface area (Å²) in [6, 6.07) is 20.3. The van der Waals surface area contributed by atoms with Crippen LogP contribution in [0.2, 0.25) is 0 Å². The molecule has 1 fully saturated rings. The Hall–Kier alpha value is -4.53. The van der Waals surface area contributed by atoms with Crippen LogP contribution in [-0.4, -0.2) is 28.6 Å². The maximum absolute atomic E-state index is 13.1. The van der Waals surface area contributed by atoms with E-state index in [1.807, 2.05) is 31.2 Å². The normalized spacial score (nSPS) is 15.2. The van der Waals surface area contributed by atoms with E-state index in [9.17, 15) is 14.0 Å². The molecule has 1 aliphatic rings. The standard InChI is InChI=1S/C27H23FN4O4/c1-17-5-11-22(12-6-17)32-15-19(13-25(32)33)26(34)29-21-3-2-4-23(14-21)35-16-24-30-31-27(36-24)18-7-9-20(28)10-8-18/h2-12,14,19H,13,15-16H2,1H3,(H,29,34)/t19-/m1/s1. The predicted molar refractivity (Wildman–Crippen MR) is 131 cm³/mol. The molecule has 182 valence electrons. The van der Waals surface area contributed by atoms with Gasteiger partial charge in [0.25, 0.3) is 5.89 Å². The van der Waals surface area contributed by atoms with Crippen molar-refractivity contribution < 1.29 is 23.1 Å². The van der Waals surface area contributed by atoms with Gasteiger partial charge in [-0.1, -0.05) is 23.8 Å². The van der Waals surface area contributed by atoms with Crippen LogP contribution in [0.4, 0.5) is 15.8 Å². The molecule has 1 atom stereocenters. The Morgan fingerprint density at radius 2 is 1.89 bits per heavy atom. The SMILES string of the molecule is Cc1ccc(N2C[C@H](C(=O)Nc3cccc(OCc4nnc(-c5ccc(F)cc5)o4)c3)CC2=O)cc1. The average Bonchev–Trinajstić information content (AvgIpc) is 3.51. The van der Waals surface area contributed by atoms with Gasteiger partial charge in [-0.25, -0.2) is 4.39 Å². The molecule has 8 nitrogen and oxygen atoms in total. The molecule has 4 aromatic rings. The van der Waals surface area contributed by atoms with E-state index in [-0.39, 0.29) is 42.4 Å². The Labute approximate surface area is 206 Å². The number of nitrogens with zero attached hydrogens (tertiary/aromatic N) is 3. The summed E-state index contributed by atoms with van der Waals surface area (Å²) in [4.78, 5) is 27.0. The molecule has 0 aliphatic carbocycles. The van der Waals surface area contributed by atoms with Crippen molar-refractivity contribution in [3.05, 3.63) is 90.1 Å². The molecular formula is C27H23FN4O4. The summed E-state index contributed by atoms with van der Waals surface area (Å²) in [6.07, 6.45) is 0.156. The van der Waals surface area contributed by atoms with Crippen LogP contribution in [0.15, 0.2) is 77.2 Å². The van der Waals surface area contributed by atoms with Gasteiger partial charge in [-0.2, -0.15) is 0 Å². The molecule has 0 spiro atoms. The van der Waals surface area contributed by atoms with E-state index >= 15 is 0 Å². The highest BCUT2D eigenvalue weighted by Crippen LogP contribution is 2.27. The molecular weight excluding hydrogens is 463 g/mol. The summed E-state index contributed by atoms with van der Waals surface area (Å²) in [5.41, 5.74) is 3.05. The number of aryl methyl sites for hydroxylation is 1. The zero-order chi connectivity index (χ0) is 25.1. The van der Waals surface area contributed by atoms with Gasteiger partial charge < -0.3 is 19.4 Å². The van der Waals surface area contributed by atoms with Gasteiger partial charge in [-0.3, -0.25) is 9.59 Å². The number of ether oxygens (including phenoxy) is 1. The van der Waals surface area contributed by atoms with Crippen molar-refractivity contribution in [1.82, 2.24) is 10.2 Å². The number of nitrogens with one attached hydrogen (secondary N) is 1. The smallest absolute Gasteiger partial charge is 0.254 e. The van der Waals surface area contributed by atoms with E-state index in [4.69, 9.17) is 9.15 Å². The van der Waals surface area contributed by atoms with E-state index in [1.54, 1.807) is 41.3 Å². The number of anilines is 2. The average molecular weight is 487 g/mol. The minimum atomic E-state index is -0.452. The molecule has 5 rings (SSSR count). The van der Waals surface area contributed by atoms with Crippen LogP contribution in [0.5, 0.6) is 5.75 Å². The van der Waals surface area contributed by atoms with Crippen molar-refractivity contribution in [1.29, 1.82) is 0 Å². The number of carbonyl (C=O) groups excluding carboxylic acids is 2. The number of carbonyl (C=O) groups is 2. The lowest BCUT2D eigenvalue weighted by Crippen LogP contribution is -2.28. The number of aromatic nitrogens is 2. The Kier molecular flexibility index (Phi) is 6.44. The second kappa shape index (κ2) is 9.99. The highest BCUT2D eigenvalue weighted by atomic mass is 19.1. The second-order valence-corrected chi connectivity index (χ2v) is 8.55. The monoisotopic (exact) mass is 486 g/mol. The van der Waals surface area contributed by atoms with Crippen molar-refractivity contribution in [3.8, 4) is 17.2 Å². The van der Waals surface area contributed by atoms with E-state index in [0.29, 0.717) is 23.5 Å². The fourth-order valence-electron chi connectivity index (χ4n) is 3.93. The number of benzene rings is 3. The molecule has 2 heterocycles. The van der Waals surface area contributed by atoms with Crippen LogP contribution in [0.1, 0.15) is 17.9 Å². The number of hydrogen-bond donors (Lipinski definition) is 1. The first-order valence-corrected chi connectivity index (χ1v) is 11.4. The zero-order valence-electron chi connectivity index (χ0n) is 19.5. The molecule has 2 amide bonds. The summed E-state index contributed by atoms with van der Waals surface area (Å²) in [6.45, 7) is 2.34. The minimum absolute atomic E-state index is 0.0221. The highest BCUT2D eigenvalue weighted by Gasteiger charge is 2.35. The van der Waals surface area contributed by atoms with E-state index in [0.717, 1.165) is 11.3 Å². The maximum atomic E-state index is 13.1. The summed E-state index contributed by atoms with van der Waals surface area (Å²) >= 11 is 0. The molecule has 1 aromatic heterocycles. The fraction of sp³-hybridized carbons (Fsp3) is 0.185. The van der Waals surface area contributed by atoms with Crippen LogP contribution in [0, 0.1) is 18.7 Å². The summed E-state index contributed by atoms with van der Waals surface area (Å²) in [5, 5.41) is 10.8. The maximum Gasteiger partial charge on any atom is 0.254 e. The lowest BCUT2D eigenvalue weighted by atomic mass is 10.1. The van der Waals surface area contributed by atoms with E-state index in [1.165, 1.54) is 12.1 Å². The van der Waals surface area contributed by atoms with Gasteiger partial charge in [-0.15, -0.1) is 10.2 Å². The van der Waals surface area contributed by atoms with Crippen LogP contribution >= 0.6 is 0 Å². The van der Waals surface area contributed by atoms with Gasteiger partial charge in [0, 0.05) is 36.0 Å². The number of halogens is 1. The zero-order valence-corrected chi connectivity index (χ0v) is 19.5. The van der Waals surface area contributed by atoms with E-state index in [2.05, 4.69) is 15.5 Å². The molecule has 3 aromatic carbocycles. The summed E-state index contributed by atoms with van der Waals surface area (Å²) < 4.78 is 24.4. The number of amides is 2. The summed E-state index contributed by atoms with van der Waals surface area (Å²) in [7, 11) is 0. The van der Waals surface area contributed by atoms with Crippen LogP contribution in [-0.2, 0) is 16.2 Å². The lowest BCUT2D eigenvalue weighted by Gasteiger charge is -2.17. The second-order valence-electron chi connectivity index (χ2n) is 8.55. The van der Waals surface area contributed by atoms with Gasteiger partial charge >= 0.3 is 0 Å². The molecule has 36 heavy (non-hydrogen) atoms. The first-order chi connectivity index (χ1) is 17.4. The van der Waals surface area contributed by atoms with Crippen molar-refractivity contribution in [2.45, 2.75) is 20.0 Å². The molecule has 0 radical (unpaired) electrons. The molecule has 9 heteroatoms. The third-order valence-electron chi connectivity index (χ3n) is 5.86.